The average molecular weight is 399 g/mol. The maximum absolute atomic E-state index is 5.44. The van der Waals surface area contributed by atoms with E-state index in [-0.39, 0.29) is 6.04 Å². The lowest BCUT2D eigenvalue weighted by molar-refractivity contribution is 0.340. The smallest absolute Gasteiger partial charge is 0.119 e. The van der Waals surface area contributed by atoms with Crippen LogP contribution in [0.15, 0.2) is 51.4 Å². The summed E-state index contributed by atoms with van der Waals surface area (Å²) in [6, 6.07) is 14.5. The minimum Gasteiger partial charge on any atom is -0.494 e. The molecule has 1 N–H and O–H groups in total. The Hall–Kier alpha value is -1.000. The van der Waals surface area contributed by atoms with Gasteiger partial charge in [0.05, 0.1) is 6.61 Å². The number of rotatable bonds is 5. The molecule has 0 spiro atoms. The number of hydrogen-bond acceptors (Lipinski definition) is 2. The summed E-state index contributed by atoms with van der Waals surface area (Å²) in [5.41, 5.74) is 2.30. The Bertz CT molecular complexity index is 569. The van der Waals surface area contributed by atoms with Crippen molar-refractivity contribution in [2.75, 3.05) is 11.9 Å². The SMILES string of the molecule is CCOc1ccc(NC(C)c2ccc(Br)cc2Br)cc1. The number of ether oxygens (including phenoxy) is 1. The zero-order valence-electron chi connectivity index (χ0n) is 11.5. The van der Waals surface area contributed by atoms with Gasteiger partial charge in [-0.25, -0.2) is 0 Å². The first-order valence-electron chi connectivity index (χ1n) is 6.54. The van der Waals surface area contributed by atoms with E-state index in [2.05, 4.69) is 62.3 Å². The Labute approximate surface area is 136 Å². The molecule has 0 bridgehead atoms. The summed E-state index contributed by atoms with van der Waals surface area (Å²) in [7, 11) is 0. The fourth-order valence-corrected chi connectivity index (χ4v) is 3.38. The molecular formula is C16H17Br2NO. The van der Waals surface area contributed by atoms with E-state index < -0.39 is 0 Å². The molecule has 2 aromatic rings. The van der Waals surface area contributed by atoms with Gasteiger partial charge in [0, 0.05) is 20.7 Å². The van der Waals surface area contributed by atoms with Gasteiger partial charge in [-0.2, -0.15) is 0 Å². The largest absolute Gasteiger partial charge is 0.494 e. The molecule has 0 aliphatic rings. The van der Waals surface area contributed by atoms with Crippen LogP contribution in [-0.4, -0.2) is 6.61 Å². The van der Waals surface area contributed by atoms with Crippen LogP contribution in [0.3, 0.4) is 0 Å². The summed E-state index contributed by atoms with van der Waals surface area (Å²) >= 11 is 7.07. The van der Waals surface area contributed by atoms with Gasteiger partial charge >= 0.3 is 0 Å². The molecule has 0 radical (unpaired) electrons. The van der Waals surface area contributed by atoms with Gasteiger partial charge in [0.15, 0.2) is 0 Å². The van der Waals surface area contributed by atoms with Crippen molar-refractivity contribution in [1.29, 1.82) is 0 Å². The Kier molecular flexibility index (Phi) is 5.49. The number of benzene rings is 2. The minimum atomic E-state index is 0.218. The first kappa shape index (κ1) is 15.4. The van der Waals surface area contributed by atoms with E-state index in [0.29, 0.717) is 6.61 Å². The fourth-order valence-electron chi connectivity index (χ4n) is 1.99. The van der Waals surface area contributed by atoms with Gasteiger partial charge in [-0.15, -0.1) is 0 Å². The molecule has 0 amide bonds. The predicted octanol–water partition coefficient (Wildman–Crippen LogP) is 5.78. The van der Waals surface area contributed by atoms with E-state index in [9.17, 15) is 0 Å². The molecular weight excluding hydrogens is 382 g/mol. The Balaban J connectivity index is 2.08. The number of anilines is 1. The minimum absolute atomic E-state index is 0.218. The van der Waals surface area contributed by atoms with Crippen LogP contribution in [0.5, 0.6) is 5.75 Å². The van der Waals surface area contributed by atoms with Gasteiger partial charge in [-0.05, 0) is 55.8 Å². The molecule has 106 valence electrons. The number of hydrogen-bond donors (Lipinski definition) is 1. The third kappa shape index (κ3) is 4.00. The lowest BCUT2D eigenvalue weighted by Crippen LogP contribution is -2.07. The number of nitrogens with one attached hydrogen (secondary N) is 1. The van der Waals surface area contributed by atoms with E-state index in [4.69, 9.17) is 4.74 Å². The Morgan fingerprint density at radius 3 is 2.40 bits per heavy atom. The summed E-state index contributed by atoms with van der Waals surface area (Å²) in [5, 5.41) is 3.49. The zero-order valence-corrected chi connectivity index (χ0v) is 14.7. The van der Waals surface area contributed by atoms with Crippen LogP contribution >= 0.6 is 31.9 Å². The van der Waals surface area contributed by atoms with Gasteiger partial charge in [-0.1, -0.05) is 37.9 Å². The van der Waals surface area contributed by atoms with Crippen molar-refractivity contribution in [3.05, 3.63) is 57.0 Å². The van der Waals surface area contributed by atoms with Gasteiger partial charge in [0.1, 0.15) is 5.75 Å². The summed E-state index contributed by atoms with van der Waals surface area (Å²) in [4.78, 5) is 0. The summed E-state index contributed by atoms with van der Waals surface area (Å²) < 4.78 is 7.61. The van der Waals surface area contributed by atoms with Crippen LogP contribution in [0.25, 0.3) is 0 Å². The third-order valence-electron chi connectivity index (χ3n) is 2.98. The average Bonchev–Trinajstić information content (AvgIpc) is 2.41. The molecule has 4 heteroatoms. The first-order chi connectivity index (χ1) is 9.60. The maximum Gasteiger partial charge on any atom is 0.119 e. The normalized spacial score (nSPS) is 12.0. The Morgan fingerprint density at radius 2 is 1.80 bits per heavy atom. The highest BCUT2D eigenvalue weighted by Gasteiger charge is 2.09. The van der Waals surface area contributed by atoms with Crippen molar-refractivity contribution in [2.45, 2.75) is 19.9 Å². The van der Waals surface area contributed by atoms with Crippen molar-refractivity contribution >= 4 is 37.5 Å². The highest BCUT2D eigenvalue weighted by atomic mass is 79.9. The first-order valence-corrected chi connectivity index (χ1v) is 8.13. The fraction of sp³-hybridized carbons (Fsp3) is 0.250. The van der Waals surface area contributed by atoms with Crippen LogP contribution in [-0.2, 0) is 0 Å². The Morgan fingerprint density at radius 1 is 1.10 bits per heavy atom. The molecule has 2 aromatic carbocycles. The molecule has 0 aromatic heterocycles. The lowest BCUT2D eigenvalue weighted by atomic mass is 10.1. The van der Waals surface area contributed by atoms with Gasteiger partial charge in [0.25, 0.3) is 0 Å². The maximum atomic E-state index is 5.44. The van der Waals surface area contributed by atoms with Crippen LogP contribution < -0.4 is 10.1 Å². The van der Waals surface area contributed by atoms with E-state index in [1.807, 2.05) is 31.2 Å². The molecule has 0 aliphatic heterocycles. The third-order valence-corrected chi connectivity index (χ3v) is 4.16. The van der Waals surface area contributed by atoms with Gasteiger partial charge < -0.3 is 10.1 Å². The lowest BCUT2D eigenvalue weighted by Gasteiger charge is -2.17. The molecule has 1 unspecified atom stereocenters. The van der Waals surface area contributed by atoms with Gasteiger partial charge in [0.2, 0.25) is 0 Å². The molecule has 0 saturated heterocycles. The highest BCUT2D eigenvalue weighted by molar-refractivity contribution is 9.11. The van der Waals surface area contributed by atoms with Crippen molar-refractivity contribution in [1.82, 2.24) is 0 Å². The second-order valence-electron chi connectivity index (χ2n) is 4.49. The summed E-state index contributed by atoms with van der Waals surface area (Å²) in [6.45, 7) is 4.82. The summed E-state index contributed by atoms with van der Waals surface area (Å²) in [5.74, 6) is 0.899. The molecule has 0 fully saturated rings. The van der Waals surface area contributed by atoms with Crippen LogP contribution in [0, 0.1) is 0 Å². The molecule has 2 nitrogen and oxygen atoms in total. The molecule has 2 rings (SSSR count). The topological polar surface area (TPSA) is 21.3 Å². The number of halogens is 2. The highest BCUT2D eigenvalue weighted by Crippen LogP contribution is 2.29. The molecule has 1 atom stereocenters. The molecule has 20 heavy (non-hydrogen) atoms. The second-order valence-corrected chi connectivity index (χ2v) is 6.26. The molecule has 0 aliphatic carbocycles. The molecule has 0 saturated carbocycles. The predicted molar refractivity (Wildman–Crippen MR) is 91.5 cm³/mol. The van der Waals surface area contributed by atoms with E-state index >= 15 is 0 Å². The monoisotopic (exact) mass is 397 g/mol. The van der Waals surface area contributed by atoms with E-state index in [1.54, 1.807) is 0 Å². The van der Waals surface area contributed by atoms with Crippen molar-refractivity contribution in [2.24, 2.45) is 0 Å². The van der Waals surface area contributed by atoms with Crippen LogP contribution in [0.2, 0.25) is 0 Å². The second kappa shape index (κ2) is 7.14. The summed E-state index contributed by atoms with van der Waals surface area (Å²) in [6.07, 6.45) is 0. The zero-order chi connectivity index (χ0) is 14.5. The van der Waals surface area contributed by atoms with E-state index in [1.165, 1.54) is 5.56 Å². The quantitative estimate of drug-likeness (QED) is 0.688. The van der Waals surface area contributed by atoms with Crippen molar-refractivity contribution in [3.8, 4) is 5.75 Å². The van der Waals surface area contributed by atoms with Crippen LogP contribution in [0.4, 0.5) is 5.69 Å². The van der Waals surface area contributed by atoms with E-state index in [0.717, 1.165) is 20.4 Å². The van der Waals surface area contributed by atoms with Crippen molar-refractivity contribution in [3.63, 3.8) is 0 Å². The molecule has 0 heterocycles. The van der Waals surface area contributed by atoms with Crippen molar-refractivity contribution < 1.29 is 4.74 Å². The standard InChI is InChI=1S/C16H17Br2NO/c1-3-20-14-7-5-13(6-8-14)19-11(2)15-9-4-12(17)10-16(15)18/h4-11,19H,3H2,1-2H3. The van der Waals surface area contributed by atoms with Gasteiger partial charge in [-0.3, -0.25) is 0 Å². The van der Waals surface area contributed by atoms with Crippen LogP contribution in [0.1, 0.15) is 25.5 Å².